The van der Waals surface area contributed by atoms with E-state index in [1.165, 1.54) is 13.8 Å². The Morgan fingerprint density at radius 1 is 0.758 bits per heavy atom. The number of aliphatic hydroxyl groups excluding tert-OH is 2. The average molecular weight is 1000 g/mol. The summed E-state index contributed by atoms with van der Waals surface area (Å²) >= 11 is -0.931. The fourth-order valence-electron chi connectivity index (χ4n) is 7.22. The molecule has 7 rings (SSSR count). The summed E-state index contributed by atoms with van der Waals surface area (Å²) in [5, 5.41) is 19.4. The van der Waals surface area contributed by atoms with Gasteiger partial charge in [0.15, 0.2) is 36.0 Å². The van der Waals surface area contributed by atoms with E-state index in [4.69, 9.17) is 85.5 Å². The Balaban J connectivity index is 0.000000201. The van der Waals surface area contributed by atoms with Crippen molar-refractivity contribution in [2.24, 2.45) is 0 Å². The summed E-state index contributed by atoms with van der Waals surface area (Å²) in [6.07, 6.45) is -7.66. The fraction of sp³-hybridized carbons (Fsp3) is 0.763. The van der Waals surface area contributed by atoms with Crippen molar-refractivity contribution in [3.8, 4) is 0 Å². The van der Waals surface area contributed by atoms with Crippen LogP contribution >= 0.6 is 19.4 Å². The number of halogens is 2. The molecule has 0 amide bonds. The van der Waals surface area contributed by atoms with Gasteiger partial charge in [0.05, 0.1) is 25.0 Å². The molecule has 0 spiro atoms. The number of hydrogen-bond acceptors (Lipinski definition) is 20. The maximum atomic E-state index is 12.3. The van der Waals surface area contributed by atoms with Crippen molar-refractivity contribution < 1.29 is 109 Å². The van der Waals surface area contributed by atoms with Crippen molar-refractivity contribution in [3.05, 3.63) is 35.9 Å². The third-order valence-electron chi connectivity index (χ3n) is 9.51. The number of hydrogen-bond donors (Lipinski definition) is 2. The van der Waals surface area contributed by atoms with Gasteiger partial charge < -0.3 is 67.1 Å². The van der Waals surface area contributed by atoms with Gasteiger partial charge >= 0.3 is 52.4 Å². The number of aliphatic hydroxyl groups is 2. The van der Waals surface area contributed by atoms with Crippen LogP contribution in [0.2, 0.25) is 0 Å². The number of esters is 3. The van der Waals surface area contributed by atoms with Crippen molar-refractivity contribution in [2.75, 3.05) is 19.5 Å². The Labute approximate surface area is 376 Å². The van der Waals surface area contributed by atoms with Crippen molar-refractivity contribution in [1.29, 1.82) is 0 Å². The summed E-state index contributed by atoms with van der Waals surface area (Å²) in [6.45, 7) is 15.0. The first-order valence-corrected chi connectivity index (χ1v) is 29.3. The van der Waals surface area contributed by atoms with Crippen LogP contribution in [0, 0.1) is 0 Å². The molecular formula is C38H56Cl2O20SZn. The third-order valence-corrected chi connectivity index (χ3v) is 10.1. The van der Waals surface area contributed by atoms with E-state index in [-0.39, 0.29) is 12.7 Å². The summed E-state index contributed by atoms with van der Waals surface area (Å²) in [7, 11) is 6.25. The van der Waals surface area contributed by atoms with E-state index in [2.05, 4.69) is 0 Å². The molecule has 62 heavy (non-hydrogen) atoms. The Bertz CT molecular complexity index is 1760. The molecule has 13 atom stereocenters. The van der Waals surface area contributed by atoms with Crippen LogP contribution in [0.1, 0.15) is 79.1 Å². The van der Waals surface area contributed by atoms with E-state index in [0.717, 1.165) is 6.26 Å². The standard InChI is InChI=1S/C17H20O7.C12H20O6.C9H16O7S.2ClH.Zn/c1-4-13-14(24-16(20)12-8-6-5-7-9-12)15(21-10(2)18)17(23-13)22-11(3)19;1-11(2)14-5-6(16-11)8-7(13)9-10(15-8)18-12(3,4)17-9;1-9(2)14-7-6(16-17(3,11)12)5(4-10)13-8(7)15-9;;;/h5-9,13-15,17H,4H2,1-3H3;6-10,13H,5H2,1-4H3;5-8,10H,4H2,1-3H3;2*1H;/q;;;;;+2/p-2/t13-,14?,15+,17?;6-,7?,8-,9+,10-;5-,6?,7+,8-;;;/m111.../s1. The minimum absolute atomic E-state index is 0.295. The monoisotopic (exact) mass is 998 g/mol. The first-order valence-electron chi connectivity index (χ1n) is 19.7. The number of fused-ring (bicyclic) bond motifs is 2. The first-order chi connectivity index (χ1) is 28.8. The van der Waals surface area contributed by atoms with Gasteiger partial charge in [-0.3, -0.25) is 13.8 Å². The van der Waals surface area contributed by atoms with Gasteiger partial charge in [-0.15, -0.1) is 0 Å². The van der Waals surface area contributed by atoms with Crippen LogP contribution in [0.3, 0.4) is 0 Å². The van der Waals surface area contributed by atoms with E-state index in [9.17, 15) is 27.9 Å². The van der Waals surface area contributed by atoms with E-state index in [0.29, 0.717) is 18.6 Å². The SMILES string of the molecule is CC1(C)OC[C@H]([C@H]2O[C@@H]3OC(C)(C)O[C@H]3C2O)O1.CC1(C)O[C@H]2O[C@H](CO)C(OS(C)(=O)=O)[C@@H]2O1.CC[C@H]1OC(OC(C)=O)[C@@H](OC(C)=O)C1OC(=O)c1ccccc1.[Cl][Zn][Cl]. The zero-order valence-electron chi connectivity index (χ0n) is 36.1. The van der Waals surface area contributed by atoms with E-state index < -0.39 is 134 Å². The molecule has 0 saturated carbocycles. The fourth-order valence-corrected chi connectivity index (χ4v) is 7.85. The van der Waals surface area contributed by atoms with Crippen molar-refractivity contribution in [2.45, 2.75) is 166 Å². The average Bonchev–Trinajstić information content (AvgIpc) is 3.98. The predicted octanol–water partition coefficient (Wildman–Crippen LogP) is 2.79. The Hall–Kier alpha value is -1.70. The zero-order chi connectivity index (χ0) is 46.4. The third kappa shape index (κ3) is 14.7. The van der Waals surface area contributed by atoms with Gasteiger partial charge in [-0.25, -0.2) is 4.79 Å². The van der Waals surface area contributed by atoms with Gasteiger partial charge in [-0.2, -0.15) is 8.42 Å². The molecule has 20 nitrogen and oxygen atoms in total. The second-order valence-corrected chi connectivity index (χ2v) is 22.2. The normalized spacial score (nSPS) is 35.6. The molecule has 0 bridgehead atoms. The Morgan fingerprint density at radius 3 is 1.81 bits per heavy atom. The molecular weight excluding hydrogens is 945 g/mol. The van der Waals surface area contributed by atoms with E-state index >= 15 is 0 Å². The van der Waals surface area contributed by atoms with Crippen LogP contribution in [0.25, 0.3) is 0 Å². The molecule has 6 heterocycles. The van der Waals surface area contributed by atoms with Crippen LogP contribution in [0.5, 0.6) is 0 Å². The van der Waals surface area contributed by atoms with E-state index in [1.54, 1.807) is 58.0 Å². The zero-order valence-corrected chi connectivity index (χ0v) is 41.4. The van der Waals surface area contributed by atoms with Gasteiger partial charge in [0.2, 0.25) is 12.4 Å². The molecule has 1 aromatic carbocycles. The van der Waals surface area contributed by atoms with Crippen LogP contribution in [-0.2, 0) is 95.9 Å². The van der Waals surface area contributed by atoms with Gasteiger partial charge in [-0.05, 0) is 60.1 Å². The summed E-state index contributed by atoms with van der Waals surface area (Å²) in [5.41, 5.74) is 0.366. The number of carbonyl (C=O) groups excluding carboxylic acids is 3. The number of benzene rings is 1. The van der Waals surface area contributed by atoms with Crippen LogP contribution in [-0.4, -0.2) is 153 Å². The topological polar surface area (TPSA) is 246 Å². The molecule has 6 aliphatic rings. The van der Waals surface area contributed by atoms with Crippen molar-refractivity contribution in [1.82, 2.24) is 0 Å². The molecule has 6 saturated heterocycles. The number of carbonyl (C=O) groups is 3. The minimum atomic E-state index is -3.65. The molecule has 2 N–H and O–H groups in total. The van der Waals surface area contributed by atoms with Crippen molar-refractivity contribution in [3.63, 3.8) is 0 Å². The maximum absolute atomic E-state index is 12.3. The van der Waals surface area contributed by atoms with E-state index in [1.807, 2.05) is 20.8 Å². The van der Waals surface area contributed by atoms with Gasteiger partial charge in [0, 0.05) is 13.8 Å². The predicted molar refractivity (Wildman–Crippen MR) is 209 cm³/mol. The van der Waals surface area contributed by atoms with Crippen LogP contribution in [0.4, 0.5) is 0 Å². The van der Waals surface area contributed by atoms with Crippen LogP contribution < -0.4 is 0 Å². The molecule has 4 unspecified atom stereocenters. The Kier molecular flexibility index (Phi) is 18.9. The number of ether oxygens (including phenoxy) is 12. The second kappa shape index (κ2) is 22.2. The molecule has 0 radical (unpaired) electrons. The molecule has 6 fully saturated rings. The quantitative estimate of drug-likeness (QED) is 0.156. The Morgan fingerprint density at radius 2 is 1.32 bits per heavy atom. The summed E-state index contributed by atoms with van der Waals surface area (Å²) in [5.74, 6) is -3.93. The second-order valence-electron chi connectivity index (χ2n) is 16.0. The summed E-state index contributed by atoms with van der Waals surface area (Å²) in [4.78, 5) is 34.9. The van der Waals surface area contributed by atoms with Crippen molar-refractivity contribution >= 4 is 47.4 Å². The molecule has 1 aromatic rings. The molecule has 0 aromatic heterocycles. The molecule has 0 aliphatic carbocycles. The van der Waals surface area contributed by atoms with Gasteiger partial charge in [-0.1, -0.05) is 25.1 Å². The molecule has 24 heteroatoms. The van der Waals surface area contributed by atoms with Crippen LogP contribution in [0.15, 0.2) is 30.3 Å². The number of rotatable bonds is 9. The molecule has 6 aliphatic heterocycles. The first kappa shape index (κ1) is 52.9. The van der Waals surface area contributed by atoms with Gasteiger partial charge in [0.25, 0.3) is 10.1 Å². The summed E-state index contributed by atoms with van der Waals surface area (Å²) in [6, 6.07) is 8.43. The summed E-state index contributed by atoms with van der Waals surface area (Å²) < 4.78 is 92.9. The molecule has 350 valence electrons. The van der Waals surface area contributed by atoms with Gasteiger partial charge in [0.1, 0.15) is 48.8 Å².